The van der Waals surface area contributed by atoms with Gasteiger partial charge >= 0.3 is 0 Å². The van der Waals surface area contributed by atoms with E-state index in [1.54, 1.807) is 6.20 Å². The van der Waals surface area contributed by atoms with Crippen molar-refractivity contribution in [3.8, 4) is 11.5 Å². The van der Waals surface area contributed by atoms with Gasteiger partial charge in [0.05, 0.1) is 15.0 Å². The smallest absolute Gasteiger partial charge is 0.231 e. The molecule has 0 saturated carbocycles. The number of rotatable bonds is 0. The molecule has 0 spiro atoms. The Morgan fingerprint density at radius 1 is 1.27 bits per heavy atom. The summed E-state index contributed by atoms with van der Waals surface area (Å²) in [6.45, 7) is 0.254. The van der Waals surface area contributed by atoms with Gasteiger partial charge in [-0.05, 0) is 22.0 Å². The number of pyridine rings is 1. The number of ether oxygens (including phenoxy) is 2. The monoisotopic (exact) mass is 285 g/mol. The Bertz CT molecular complexity index is 559. The second-order valence-electron chi connectivity index (χ2n) is 3.14. The molecule has 0 radical (unpaired) electrons. The SMILES string of the molecule is Clc1c(Br)cnc2cc3c(cc12)OCO3. The first-order valence-corrected chi connectivity index (χ1v) is 5.46. The molecule has 3 rings (SSSR count). The summed E-state index contributed by atoms with van der Waals surface area (Å²) in [5.41, 5.74) is 0.799. The Morgan fingerprint density at radius 3 is 2.80 bits per heavy atom. The quantitative estimate of drug-likeness (QED) is 0.744. The highest BCUT2D eigenvalue weighted by Gasteiger charge is 2.16. The van der Waals surface area contributed by atoms with Gasteiger partial charge in [-0.25, -0.2) is 0 Å². The van der Waals surface area contributed by atoms with E-state index in [-0.39, 0.29) is 6.79 Å². The van der Waals surface area contributed by atoms with E-state index in [1.165, 1.54) is 0 Å². The molecule has 0 saturated heterocycles. The largest absolute Gasteiger partial charge is 0.454 e. The van der Waals surface area contributed by atoms with Crippen molar-refractivity contribution < 1.29 is 9.47 Å². The van der Waals surface area contributed by atoms with Crippen molar-refractivity contribution >= 4 is 38.4 Å². The Labute approximate surface area is 99.1 Å². The Kier molecular flexibility index (Phi) is 2.00. The lowest BCUT2D eigenvalue weighted by molar-refractivity contribution is 0.174. The van der Waals surface area contributed by atoms with Crippen molar-refractivity contribution in [3.63, 3.8) is 0 Å². The molecule has 0 aliphatic carbocycles. The first-order valence-electron chi connectivity index (χ1n) is 4.29. The molecular formula is C10H5BrClNO2. The van der Waals surface area contributed by atoms with E-state index < -0.39 is 0 Å². The molecule has 3 nitrogen and oxygen atoms in total. The first-order chi connectivity index (χ1) is 7.25. The van der Waals surface area contributed by atoms with E-state index >= 15 is 0 Å². The normalized spacial score (nSPS) is 13.5. The van der Waals surface area contributed by atoms with Gasteiger partial charge in [-0.2, -0.15) is 0 Å². The fourth-order valence-corrected chi connectivity index (χ4v) is 2.04. The van der Waals surface area contributed by atoms with Crippen molar-refractivity contribution in [1.29, 1.82) is 0 Å². The van der Waals surface area contributed by atoms with Crippen molar-refractivity contribution in [2.45, 2.75) is 0 Å². The van der Waals surface area contributed by atoms with Gasteiger partial charge in [0, 0.05) is 17.6 Å². The minimum absolute atomic E-state index is 0.254. The van der Waals surface area contributed by atoms with Gasteiger partial charge in [0.15, 0.2) is 11.5 Å². The van der Waals surface area contributed by atoms with Crippen LogP contribution in [0.5, 0.6) is 11.5 Å². The van der Waals surface area contributed by atoms with E-state index in [2.05, 4.69) is 20.9 Å². The van der Waals surface area contributed by atoms with E-state index in [0.717, 1.165) is 15.4 Å². The highest BCUT2D eigenvalue weighted by atomic mass is 79.9. The second-order valence-corrected chi connectivity index (χ2v) is 4.38. The maximum Gasteiger partial charge on any atom is 0.231 e. The average Bonchev–Trinajstić information content (AvgIpc) is 2.68. The summed E-state index contributed by atoms with van der Waals surface area (Å²) in [5.74, 6) is 1.43. The molecule has 15 heavy (non-hydrogen) atoms. The maximum atomic E-state index is 6.14. The number of hydrogen-bond donors (Lipinski definition) is 0. The molecule has 1 aliphatic rings. The first kappa shape index (κ1) is 9.24. The van der Waals surface area contributed by atoms with Crippen LogP contribution in [0.2, 0.25) is 5.02 Å². The van der Waals surface area contributed by atoms with Crippen LogP contribution < -0.4 is 9.47 Å². The van der Waals surface area contributed by atoms with Crippen molar-refractivity contribution in [1.82, 2.24) is 4.98 Å². The molecule has 76 valence electrons. The number of hydrogen-bond acceptors (Lipinski definition) is 3. The average molecular weight is 287 g/mol. The van der Waals surface area contributed by atoms with Crippen molar-refractivity contribution in [2.24, 2.45) is 0 Å². The number of fused-ring (bicyclic) bond motifs is 2. The summed E-state index contributed by atoms with van der Waals surface area (Å²) >= 11 is 9.47. The molecular weight excluding hydrogens is 281 g/mol. The molecule has 0 amide bonds. The minimum Gasteiger partial charge on any atom is -0.454 e. The predicted molar refractivity (Wildman–Crippen MR) is 60.6 cm³/mol. The standard InChI is InChI=1S/C10H5BrClNO2/c11-6-3-13-7-2-9-8(14-4-15-9)1-5(7)10(6)12/h1-3H,4H2. The lowest BCUT2D eigenvalue weighted by Crippen LogP contribution is -1.92. The molecule has 1 aromatic heterocycles. The predicted octanol–water partition coefficient (Wildman–Crippen LogP) is 3.38. The second kappa shape index (κ2) is 3.25. The van der Waals surface area contributed by atoms with Gasteiger partial charge in [-0.1, -0.05) is 11.6 Å². The third-order valence-corrected chi connectivity index (χ3v) is 3.49. The van der Waals surface area contributed by atoms with E-state index in [9.17, 15) is 0 Å². The summed E-state index contributed by atoms with van der Waals surface area (Å²) in [4.78, 5) is 4.25. The fourth-order valence-electron chi connectivity index (χ4n) is 1.53. The summed E-state index contributed by atoms with van der Waals surface area (Å²) in [5, 5.41) is 1.49. The van der Waals surface area contributed by atoms with Crippen LogP contribution in [0.1, 0.15) is 0 Å². The zero-order valence-corrected chi connectivity index (χ0v) is 9.80. The van der Waals surface area contributed by atoms with Crippen LogP contribution in [0.4, 0.5) is 0 Å². The molecule has 0 unspecified atom stereocenters. The summed E-state index contributed by atoms with van der Waals surface area (Å²) in [6.07, 6.45) is 1.67. The van der Waals surface area contributed by atoms with Gasteiger partial charge < -0.3 is 9.47 Å². The Morgan fingerprint density at radius 2 is 2.00 bits per heavy atom. The van der Waals surface area contributed by atoms with Crippen LogP contribution in [0.3, 0.4) is 0 Å². The molecule has 1 aliphatic heterocycles. The molecule has 0 fully saturated rings. The molecule has 0 N–H and O–H groups in total. The molecule has 2 heterocycles. The van der Waals surface area contributed by atoms with Crippen LogP contribution >= 0.6 is 27.5 Å². The molecule has 1 aromatic carbocycles. The molecule has 5 heteroatoms. The van der Waals surface area contributed by atoms with Crippen LogP contribution in [-0.4, -0.2) is 11.8 Å². The van der Waals surface area contributed by atoms with E-state index in [1.807, 2.05) is 12.1 Å². The molecule has 0 bridgehead atoms. The minimum atomic E-state index is 0.254. The van der Waals surface area contributed by atoms with Crippen molar-refractivity contribution in [3.05, 3.63) is 27.8 Å². The third-order valence-electron chi connectivity index (χ3n) is 2.25. The van der Waals surface area contributed by atoms with Gasteiger partial charge in [0.2, 0.25) is 6.79 Å². The zero-order chi connectivity index (χ0) is 10.4. The van der Waals surface area contributed by atoms with Gasteiger partial charge in [0.25, 0.3) is 0 Å². The topological polar surface area (TPSA) is 31.4 Å². The van der Waals surface area contributed by atoms with Crippen molar-refractivity contribution in [2.75, 3.05) is 6.79 Å². The fraction of sp³-hybridized carbons (Fsp3) is 0.100. The highest BCUT2D eigenvalue weighted by Crippen LogP contribution is 2.39. The third kappa shape index (κ3) is 1.36. The Balaban J connectivity index is 2.38. The zero-order valence-electron chi connectivity index (χ0n) is 7.46. The molecule has 0 atom stereocenters. The summed E-state index contributed by atoms with van der Waals surface area (Å²) in [6, 6.07) is 3.67. The van der Waals surface area contributed by atoms with Crippen LogP contribution in [-0.2, 0) is 0 Å². The van der Waals surface area contributed by atoms with Gasteiger partial charge in [-0.3, -0.25) is 4.98 Å². The number of halogens is 2. The van der Waals surface area contributed by atoms with Crippen LogP contribution in [0.25, 0.3) is 10.9 Å². The van der Waals surface area contributed by atoms with Crippen LogP contribution in [0.15, 0.2) is 22.8 Å². The van der Waals surface area contributed by atoms with Gasteiger partial charge in [-0.15, -0.1) is 0 Å². The summed E-state index contributed by atoms with van der Waals surface area (Å²) in [7, 11) is 0. The highest BCUT2D eigenvalue weighted by molar-refractivity contribution is 9.10. The number of benzene rings is 1. The van der Waals surface area contributed by atoms with E-state index in [4.69, 9.17) is 21.1 Å². The van der Waals surface area contributed by atoms with Gasteiger partial charge in [0.1, 0.15) is 0 Å². The lowest BCUT2D eigenvalue weighted by atomic mass is 10.2. The number of nitrogens with zero attached hydrogens (tertiary/aromatic N) is 1. The number of aromatic nitrogens is 1. The summed E-state index contributed by atoms with van der Waals surface area (Å²) < 4.78 is 11.3. The lowest BCUT2D eigenvalue weighted by Gasteiger charge is -2.03. The maximum absolute atomic E-state index is 6.14. The van der Waals surface area contributed by atoms with E-state index in [0.29, 0.717) is 16.5 Å². The molecule has 2 aromatic rings. The van der Waals surface area contributed by atoms with Crippen LogP contribution in [0, 0.1) is 0 Å². The Hall–Kier alpha value is -1.00.